The van der Waals surface area contributed by atoms with Crippen LogP contribution in [-0.2, 0) is 21.9 Å². The van der Waals surface area contributed by atoms with Crippen LogP contribution in [0.25, 0.3) is 0 Å². The number of halogens is 3. The van der Waals surface area contributed by atoms with E-state index >= 15 is 0 Å². The topological polar surface area (TPSA) is 49.4 Å². The van der Waals surface area contributed by atoms with Gasteiger partial charge in [-0.05, 0) is 42.7 Å². The fraction of sp³-hybridized carbons (Fsp3) is 0.391. The largest absolute Gasteiger partial charge is 0.354 e. The first kappa shape index (κ1) is 25.9. The number of benzene rings is 2. The molecule has 1 atom stereocenters. The van der Waals surface area contributed by atoms with Crippen molar-refractivity contribution in [3.05, 3.63) is 68.7 Å². The number of rotatable bonds is 11. The Morgan fingerprint density at radius 2 is 1.81 bits per heavy atom. The van der Waals surface area contributed by atoms with E-state index in [0.29, 0.717) is 27.4 Å². The second kappa shape index (κ2) is 13.2. The Balaban J connectivity index is 2.07. The van der Waals surface area contributed by atoms with Gasteiger partial charge >= 0.3 is 0 Å². The summed E-state index contributed by atoms with van der Waals surface area (Å²) in [5.74, 6) is 0.488. The van der Waals surface area contributed by atoms with Gasteiger partial charge in [0.15, 0.2) is 0 Å². The molecule has 0 radical (unpaired) electrons. The molecule has 0 aliphatic heterocycles. The van der Waals surface area contributed by atoms with Crippen molar-refractivity contribution in [2.75, 3.05) is 12.3 Å². The third kappa shape index (κ3) is 8.23. The smallest absolute Gasteiger partial charge is 0.242 e. The molecule has 2 rings (SSSR count). The highest BCUT2D eigenvalue weighted by molar-refractivity contribution is 7.99. The van der Waals surface area contributed by atoms with Crippen molar-refractivity contribution in [2.45, 2.75) is 45.0 Å². The molecule has 1 N–H and O–H groups in total. The molecule has 0 saturated heterocycles. The summed E-state index contributed by atoms with van der Waals surface area (Å²) in [5, 5.41) is 4.63. The number of unbranched alkanes of at least 4 members (excludes halogenated alkanes) is 1. The number of amides is 2. The summed E-state index contributed by atoms with van der Waals surface area (Å²) >= 11 is 19.9. The normalized spacial score (nSPS) is 11.8. The third-order valence-electron chi connectivity index (χ3n) is 4.79. The van der Waals surface area contributed by atoms with Crippen LogP contribution in [0.15, 0.2) is 42.5 Å². The van der Waals surface area contributed by atoms with Crippen molar-refractivity contribution < 1.29 is 9.59 Å². The van der Waals surface area contributed by atoms with Gasteiger partial charge in [0.1, 0.15) is 6.04 Å². The van der Waals surface area contributed by atoms with Crippen molar-refractivity contribution in [2.24, 2.45) is 0 Å². The predicted octanol–water partition coefficient (Wildman–Crippen LogP) is 6.21. The quantitative estimate of drug-likeness (QED) is 0.372. The van der Waals surface area contributed by atoms with Crippen LogP contribution in [-0.4, -0.2) is 35.1 Å². The molecule has 0 heterocycles. The van der Waals surface area contributed by atoms with Crippen LogP contribution in [0.2, 0.25) is 15.1 Å². The highest BCUT2D eigenvalue weighted by Crippen LogP contribution is 2.25. The van der Waals surface area contributed by atoms with Gasteiger partial charge < -0.3 is 10.2 Å². The van der Waals surface area contributed by atoms with Crippen molar-refractivity contribution in [3.8, 4) is 0 Å². The molecule has 8 heteroatoms. The molecule has 0 unspecified atom stereocenters. The number of hydrogen-bond acceptors (Lipinski definition) is 3. The molecule has 4 nitrogen and oxygen atoms in total. The van der Waals surface area contributed by atoms with Gasteiger partial charge in [-0.15, -0.1) is 11.8 Å². The molecule has 2 amide bonds. The van der Waals surface area contributed by atoms with E-state index in [9.17, 15) is 9.59 Å². The zero-order valence-corrected chi connectivity index (χ0v) is 20.8. The maximum Gasteiger partial charge on any atom is 0.242 e. The van der Waals surface area contributed by atoms with Crippen LogP contribution in [0.5, 0.6) is 0 Å². The number of carbonyl (C=O) groups excluding carboxylic acids is 2. The number of hydrogen-bond donors (Lipinski definition) is 1. The maximum atomic E-state index is 13.1. The van der Waals surface area contributed by atoms with Crippen LogP contribution >= 0.6 is 46.6 Å². The van der Waals surface area contributed by atoms with Crippen LogP contribution < -0.4 is 5.32 Å². The van der Waals surface area contributed by atoms with Crippen molar-refractivity contribution >= 4 is 58.4 Å². The minimum Gasteiger partial charge on any atom is -0.354 e. The second-order valence-corrected chi connectivity index (χ2v) is 9.40. The second-order valence-electron chi connectivity index (χ2n) is 7.16. The minimum atomic E-state index is -0.611. The lowest BCUT2D eigenvalue weighted by Gasteiger charge is -2.29. The molecule has 0 aliphatic rings. The van der Waals surface area contributed by atoms with E-state index in [0.717, 1.165) is 24.0 Å². The summed E-state index contributed by atoms with van der Waals surface area (Å²) in [4.78, 5) is 27.3. The molecule has 0 spiro atoms. The first-order valence-corrected chi connectivity index (χ1v) is 12.4. The molecule has 2 aromatic carbocycles. The van der Waals surface area contributed by atoms with Gasteiger partial charge in [-0.1, -0.05) is 72.4 Å². The highest BCUT2D eigenvalue weighted by atomic mass is 35.5. The van der Waals surface area contributed by atoms with E-state index in [1.807, 2.05) is 24.3 Å². The Bertz CT molecular complexity index is 895. The number of thioether (sulfide) groups is 1. The van der Waals surface area contributed by atoms with Gasteiger partial charge in [0.05, 0.1) is 5.75 Å². The van der Waals surface area contributed by atoms with Gasteiger partial charge in [-0.2, -0.15) is 0 Å². The van der Waals surface area contributed by atoms with Crippen molar-refractivity contribution in [1.29, 1.82) is 0 Å². The van der Waals surface area contributed by atoms with E-state index in [1.54, 1.807) is 30.0 Å². The molecule has 31 heavy (non-hydrogen) atoms. The van der Waals surface area contributed by atoms with Crippen LogP contribution in [0, 0.1) is 0 Å². The molecule has 2 aromatic rings. The average Bonchev–Trinajstić information content (AvgIpc) is 2.74. The molecular weight excluding hydrogens is 475 g/mol. The Hall–Kier alpha value is -1.40. The fourth-order valence-electron chi connectivity index (χ4n) is 2.90. The summed E-state index contributed by atoms with van der Waals surface area (Å²) in [6.45, 7) is 4.67. The lowest BCUT2D eigenvalue weighted by atomic mass is 10.1. The van der Waals surface area contributed by atoms with E-state index in [4.69, 9.17) is 34.8 Å². The van der Waals surface area contributed by atoms with Gasteiger partial charge in [0, 0.05) is 33.9 Å². The molecule has 0 bridgehead atoms. The van der Waals surface area contributed by atoms with Gasteiger partial charge in [0.2, 0.25) is 11.8 Å². The molecule has 0 aromatic heterocycles. The van der Waals surface area contributed by atoms with Crippen LogP contribution in [0.4, 0.5) is 0 Å². The zero-order valence-electron chi connectivity index (χ0n) is 17.7. The molecule has 0 saturated carbocycles. The summed E-state index contributed by atoms with van der Waals surface area (Å²) in [6, 6.07) is 12.1. The molecular formula is C23H27Cl3N2O2S. The predicted molar refractivity (Wildman–Crippen MR) is 132 cm³/mol. The van der Waals surface area contributed by atoms with Crippen LogP contribution in [0.3, 0.4) is 0 Å². The Morgan fingerprint density at radius 1 is 1.06 bits per heavy atom. The van der Waals surface area contributed by atoms with Gasteiger partial charge in [-0.25, -0.2) is 0 Å². The van der Waals surface area contributed by atoms with Crippen molar-refractivity contribution in [1.82, 2.24) is 10.2 Å². The summed E-state index contributed by atoms with van der Waals surface area (Å²) in [7, 11) is 0. The zero-order chi connectivity index (χ0) is 22.8. The minimum absolute atomic E-state index is 0.131. The highest BCUT2D eigenvalue weighted by Gasteiger charge is 2.26. The lowest BCUT2D eigenvalue weighted by molar-refractivity contribution is -0.138. The Labute approximate surface area is 203 Å². The first-order valence-electron chi connectivity index (χ1n) is 10.2. The maximum absolute atomic E-state index is 13.1. The fourth-order valence-corrected chi connectivity index (χ4v) is 4.56. The summed E-state index contributed by atoms with van der Waals surface area (Å²) in [5.41, 5.74) is 1.71. The first-order chi connectivity index (χ1) is 14.8. The standard InChI is InChI=1S/C23H27Cl3N2O2S/c1-3-4-11-27-23(30)16(2)28(13-17-7-5-6-8-20(17)25)22(29)15-31-14-18-9-10-19(24)12-21(18)26/h5-10,12,16H,3-4,11,13-15H2,1-2H3,(H,27,30)/t16-/m1/s1. The van der Waals surface area contributed by atoms with Gasteiger partial charge in [0.25, 0.3) is 0 Å². The van der Waals surface area contributed by atoms with E-state index in [-0.39, 0.29) is 24.1 Å². The van der Waals surface area contributed by atoms with Crippen LogP contribution in [0.1, 0.15) is 37.8 Å². The monoisotopic (exact) mass is 500 g/mol. The third-order valence-corrected chi connectivity index (χ3v) is 6.72. The van der Waals surface area contributed by atoms with E-state index < -0.39 is 6.04 Å². The lowest BCUT2D eigenvalue weighted by Crippen LogP contribution is -2.48. The number of nitrogens with one attached hydrogen (secondary N) is 1. The molecule has 168 valence electrons. The van der Waals surface area contributed by atoms with E-state index in [2.05, 4.69) is 12.2 Å². The number of nitrogens with zero attached hydrogens (tertiary/aromatic N) is 1. The molecule has 0 aliphatic carbocycles. The Morgan fingerprint density at radius 3 is 2.48 bits per heavy atom. The van der Waals surface area contributed by atoms with Gasteiger partial charge in [-0.3, -0.25) is 9.59 Å². The summed E-state index contributed by atoms with van der Waals surface area (Å²) in [6.07, 6.45) is 1.88. The average molecular weight is 502 g/mol. The summed E-state index contributed by atoms with van der Waals surface area (Å²) < 4.78 is 0. The van der Waals surface area contributed by atoms with E-state index in [1.165, 1.54) is 11.8 Å². The SMILES string of the molecule is CCCCNC(=O)[C@@H](C)N(Cc1ccccc1Cl)C(=O)CSCc1ccc(Cl)cc1Cl. The Kier molecular flexibility index (Phi) is 11.0. The molecule has 0 fully saturated rings. The van der Waals surface area contributed by atoms with Crippen molar-refractivity contribution in [3.63, 3.8) is 0 Å². The number of carbonyl (C=O) groups is 2.